The maximum absolute atomic E-state index is 12.0. The van der Waals surface area contributed by atoms with Crippen LogP contribution in [-0.4, -0.2) is 29.7 Å². The summed E-state index contributed by atoms with van der Waals surface area (Å²) in [6.07, 6.45) is 1.10. The van der Waals surface area contributed by atoms with Gasteiger partial charge in [0, 0.05) is 6.54 Å². The van der Waals surface area contributed by atoms with Crippen LogP contribution in [0.4, 0.5) is 0 Å². The molecule has 0 radical (unpaired) electrons. The number of hydrogen-bond acceptors (Lipinski definition) is 3. The molecule has 1 heterocycles. The molecule has 1 aliphatic heterocycles. The second-order valence-electron chi connectivity index (χ2n) is 5.18. The van der Waals surface area contributed by atoms with Gasteiger partial charge in [-0.2, -0.15) is 0 Å². The molecule has 0 bridgehead atoms. The Hall–Kier alpha value is -1.10. The second-order valence-corrected chi connectivity index (χ2v) is 5.18. The van der Waals surface area contributed by atoms with Crippen molar-refractivity contribution in [1.29, 1.82) is 0 Å². The molecule has 3 atom stereocenters. The van der Waals surface area contributed by atoms with E-state index in [1.165, 1.54) is 5.56 Å². The maximum atomic E-state index is 12.0. The van der Waals surface area contributed by atoms with Crippen LogP contribution < -0.4 is 10.6 Å². The average Bonchev–Trinajstić information content (AvgIpc) is 2.85. The molecule has 4 nitrogen and oxygen atoms in total. The summed E-state index contributed by atoms with van der Waals surface area (Å²) in [5.41, 5.74) is 2.40. The summed E-state index contributed by atoms with van der Waals surface area (Å²) >= 11 is 0. The topological polar surface area (TPSA) is 61.4 Å². The number of aliphatic hydroxyl groups excluding tert-OH is 1. The Bertz CT molecular complexity index is 436. The lowest BCUT2D eigenvalue weighted by Crippen LogP contribution is -2.41. The van der Waals surface area contributed by atoms with Crippen LogP contribution >= 0.6 is 12.4 Å². The second kappa shape index (κ2) is 7.62. The summed E-state index contributed by atoms with van der Waals surface area (Å²) in [6.45, 7) is 4.60. The molecule has 1 aromatic rings. The zero-order valence-corrected chi connectivity index (χ0v) is 12.7. The van der Waals surface area contributed by atoms with Gasteiger partial charge in [0.2, 0.25) is 5.91 Å². The van der Waals surface area contributed by atoms with Gasteiger partial charge in [0.15, 0.2) is 0 Å². The quantitative estimate of drug-likeness (QED) is 0.791. The van der Waals surface area contributed by atoms with Gasteiger partial charge in [-0.15, -0.1) is 12.4 Å². The zero-order valence-electron chi connectivity index (χ0n) is 11.9. The van der Waals surface area contributed by atoms with Crippen LogP contribution in [0.5, 0.6) is 0 Å². The molecule has 1 amide bonds. The predicted molar refractivity (Wildman–Crippen MR) is 82.0 cm³/mol. The SMILES string of the molecule is CCc1ccc(C(C)NC(=O)C2CC(O)CN2)cc1.Cl. The third-order valence-corrected chi connectivity index (χ3v) is 3.67. The number of carbonyl (C=O) groups excluding carboxylic acids is 1. The summed E-state index contributed by atoms with van der Waals surface area (Å²) < 4.78 is 0. The standard InChI is InChI=1S/C15H22N2O2.ClH/c1-3-11-4-6-12(7-5-11)10(2)17-15(19)14-8-13(18)9-16-14;/h4-7,10,13-14,16,18H,3,8-9H2,1-2H3,(H,17,19);1H. The van der Waals surface area contributed by atoms with E-state index in [0.29, 0.717) is 13.0 Å². The van der Waals surface area contributed by atoms with E-state index in [1.807, 2.05) is 6.92 Å². The summed E-state index contributed by atoms with van der Waals surface area (Å²) in [7, 11) is 0. The summed E-state index contributed by atoms with van der Waals surface area (Å²) in [5, 5.41) is 15.4. The van der Waals surface area contributed by atoms with E-state index in [-0.39, 0.29) is 30.4 Å². The first kappa shape index (κ1) is 17.0. The van der Waals surface area contributed by atoms with Crippen LogP contribution in [0.25, 0.3) is 0 Å². The Morgan fingerprint density at radius 2 is 2.10 bits per heavy atom. The van der Waals surface area contributed by atoms with Gasteiger partial charge in [-0.3, -0.25) is 4.79 Å². The Morgan fingerprint density at radius 1 is 1.45 bits per heavy atom. The molecule has 0 saturated carbocycles. The number of halogens is 1. The molecule has 3 unspecified atom stereocenters. The fourth-order valence-corrected chi connectivity index (χ4v) is 2.36. The number of benzene rings is 1. The highest BCUT2D eigenvalue weighted by Crippen LogP contribution is 2.15. The highest BCUT2D eigenvalue weighted by atomic mass is 35.5. The maximum Gasteiger partial charge on any atom is 0.237 e. The van der Waals surface area contributed by atoms with Crippen molar-refractivity contribution in [3.63, 3.8) is 0 Å². The van der Waals surface area contributed by atoms with Gasteiger partial charge in [-0.25, -0.2) is 0 Å². The van der Waals surface area contributed by atoms with Gasteiger partial charge >= 0.3 is 0 Å². The van der Waals surface area contributed by atoms with E-state index in [9.17, 15) is 9.90 Å². The first-order valence-corrected chi connectivity index (χ1v) is 6.90. The lowest BCUT2D eigenvalue weighted by molar-refractivity contribution is -0.123. The molecule has 1 fully saturated rings. The predicted octanol–water partition coefficient (Wildman–Crippen LogP) is 1.57. The van der Waals surface area contributed by atoms with Crippen molar-refractivity contribution in [3.8, 4) is 0 Å². The smallest absolute Gasteiger partial charge is 0.237 e. The van der Waals surface area contributed by atoms with Gasteiger partial charge in [0.25, 0.3) is 0 Å². The summed E-state index contributed by atoms with van der Waals surface area (Å²) in [5.74, 6) is -0.0383. The lowest BCUT2D eigenvalue weighted by atomic mass is 10.0. The molecule has 2 rings (SSSR count). The molecule has 0 aromatic heterocycles. The summed E-state index contributed by atoms with van der Waals surface area (Å²) in [4.78, 5) is 12.0. The molecule has 1 saturated heterocycles. The first-order chi connectivity index (χ1) is 9.10. The van der Waals surface area contributed by atoms with Crippen molar-refractivity contribution >= 4 is 18.3 Å². The van der Waals surface area contributed by atoms with Crippen molar-refractivity contribution < 1.29 is 9.90 Å². The van der Waals surface area contributed by atoms with E-state index in [1.54, 1.807) is 0 Å². The molecule has 0 aliphatic carbocycles. The fraction of sp³-hybridized carbons (Fsp3) is 0.533. The number of aliphatic hydroxyl groups is 1. The minimum Gasteiger partial charge on any atom is -0.392 e. The minimum atomic E-state index is -0.408. The van der Waals surface area contributed by atoms with Crippen LogP contribution in [0.3, 0.4) is 0 Å². The number of nitrogens with one attached hydrogen (secondary N) is 2. The van der Waals surface area contributed by atoms with E-state index >= 15 is 0 Å². The lowest BCUT2D eigenvalue weighted by Gasteiger charge is -2.17. The Morgan fingerprint density at radius 3 is 2.60 bits per heavy atom. The first-order valence-electron chi connectivity index (χ1n) is 6.90. The normalized spacial score (nSPS) is 22.9. The molecule has 3 N–H and O–H groups in total. The Labute approximate surface area is 126 Å². The number of hydrogen-bond donors (Lipinski definition) is 3. The van der Waals surface area contributed by atoms with Gasteiger partial charge < -0.3 is 15.7 Å². The number of rotatable bonds is 4. The highest BCUT2D eigenvalue weighted by Gasteiger charge is 2.28. The van der Waals surface area contributed by atoms with Gasteiger partial charge in [0.05, 0.1) is 18.2 Å². The largest absolute Gasteiger partial charge is 0.392 e. The van der Waals surface area contributed by atoms with Crippen molar-refractivity contribution in [3.05, 3.63) is 35.4 Å². The minimum absolute atomic E-state index is 0. The molecule has 20 heavy (non-hydrogen) atoms. The van der Waals surface area contributed by atoms with Gasteiger partial charge in [-0.05, 0) is 30.9 Å². The molecule has 1 aromatic carbocycles. The van der Waals surface area contributed by atoms with E-state index < -0.39 is 6.10 Å². The van der Waals surface area contributed by atoms with Gasteiger partial charge in [0.1, 0.15) is 0 Å². The number of aryl methyl sites for hydroxylation is 1. The number of amides is 1. The third kappa shape index (κ3) is 4.20. The van der Waals surface area contributed by atoms with E-state index in [2.05, 4.69) is 41.8 Å². The molecule has 5 heteroatoms. The summed E-state index contributed by atoms with van der Waals surface area (Å²) in [6, 6.07) is 8.01. The molecular weight excluding hydrogens is 276 g/mol. The zero-order chi connectivity index (χ0) is 13.8. The third-order valence-electron chi connectivity index (χ3n) is 3.67. The fourth-order valence-electron chi connectivity index (χ4n) is 2.36. The molecule has 1 aliphatic rings. The van der Waals surface area contributed by atoms with Crippen LogP contribution in [0, 0.1) is 0 Å². The molecule has 0 spiro atoms. The molecular formula is C15H23ClN2O2. The van der Waals surface area contributed by atoms with Crippen LogP contribution in [-0.2, 0) is 11.2 Å². The van der Waals surface area contributed by atoms with Gasteiger partial charge in [-0.1, -0.05) is 31.2 Å². The highest BCUT2D eigenvalue weighted by molar-refractivity contribution is 5.85. The Balaban J connectivity index is 0.00000200. The van der Waals surface area contributed by atoms with Crippen molar-refractivity contribution in [2.45, 2.75) is 44.9 Å². The van der Waals surface area contributed by atoms with E-state index in [4.69, 9.17) is 0 Å². The Kier molecular flexibility index (Phi) is 6.46. The van der Waals surface area contributed by atoms with Crippen molar-refractivity contribution in [2.75, 3.05) is 6.54 Å². The van der Waals surface area contributed by atoms with Crippen molar-refractivity contribution in [2.24, 2.45) is 0 Å². The average molecular weight is 299 g/mol. The van der Waals surface area contributed by atoms with Crippen LogP contribution in [0.2, 0.25) is 0 Å². The monoisotopic (exact) mass is 298 g/mol. The van der Waals surface area contributed by atoms with Crippen LogP contribution in [0.15, 0.2) is 24.3 Å². The molecule has 112 valence electrons. The van der Waals surface area contributed by atoms with Crippen molar-refractivity contribution in [1.82, 2.24) is 10.6 Å². The number of carbonyl (C=O) groups is 1. The van der Waals surface area contributed by atoms with E-state index in [0.717, 1.165) is 12.0 Å². The number of β-amino-alcohol motifs (C(OH)–C–C–N with tert-alkyl or cyclic N) is 1. The van der Waals surface area contributed by atoms with Crippen LogP contribution in [0.1, 0.15) is 37.4 Å².